The zero-order valence-electron chi connectivity index (χ0n) is 11.5. The predicted octanol–water partition coefficient (Wildman–Crippen LogP) is 3.29. The highest BCUT2D eigenvalue weighted by molar-refractivity contribution is 9.10. The Morgan fingerprint density at radius 1 is 1.05 bits per heavy atom. The van der Waals surface area contributed by atoms with Crippen LogP contribution in [0.1, 0.15) is 12.0 Å². The second kappa shape index (κ2) is 7.38. The van der Waals surface area contributed by atoms with Crippen molar-refractivity contribution in [2.24, 2.45) is 0 Å². The topological polar surface area (TPSA) is 82.0 Å². The molecule has 2 N–H and O–H groups in total. The predicted molar refractivity (Wildman–Crippen MR) is 87.2 cm³/mol. The average molecular weight is 358 g/mol. The third kappa shape index (κ3) is 4.43. The lowest BCUT2D eigenvalue weighted by Crippen LogP contribution is -2.21. The van der Waals surface area contributed by atoms with E-state index in [0.29, 0.717) is 16.9 Å². The molecule has 0 aliphatic rings. The average Bonchev–Trinajstić information content (AvgIpc) is 2.49. The lowest BCUT2D eigenvalue weighted by atomic mass is 10.2. The van der Waals surface area contributed by atoms with Gasteiger partial charge in [0.25, 0.3) is 0 Å². The lowest BCUT2D eigenvalue weighted by molar-refractivity contribution is -0.123. The number of anilines is 2. The van der Waals surface area contributed by atoms with Gasteiger partial charge < -0.3 is 10.6 Å². The van der Waals surface area contributed by atoms with Crippen molar-refractivity contribution in [3.05, 3.63) is 58.6 Å². The van der Waals surface area contributed by atoms with E-state index >= 15 is 0 Å². The molecular weight excluding hydrogens is 346 g/mol. The number of halogens is 1. The number of hydrogen-bond acceptors (Lipinski definition) is 3. The number of carbonyl (C=O) groups is 2. The van der Waals surface area contributed by atoms with Gasteiger partial charge in [0.1, 0.15) is 6.42 Å². The Kier molecular flexibility index (Phi) is 5.28. The Morgan fingerprint density at radius 3 is 2.50 bits per heavy atom. The summed E-state index contributed by atoms with van der Waals surface area (Å²) in [5.74, 6) is -0.861. The number of nitrogens with one attached hydrogen (secondary N) is 2. The van der Waals surface area contributed by atoms with Gasteiger partial charge in [-0.15, -0.1) is 0 Å². The maximum atomic E-state index is 11.8. The standard InChI is InChI=1S/C16H12BrN3O2/c17-13-6-1-2-7-14(13)20-16(22)9-15(21)19-12-5-3-4-11(8-12)10-18/h1-8H,9H2,(H,19,21)(H,20,22). The third-order valence-electron chi connectivity index (χ3n) is 2.74. The molecule has 2 aromatic rings. The highest BCUT2D eigenvalue weighted by Crippen LogP contribution is 2.21. The summed E-state index contributed by atoms with van der Waals surface area (Å²) in [5, 5.41) is 14.0. The maximum absolute atomic E-state index is 11.8. The van der Waals surface area contributed by atoms with Crippen molar-refractivity contribution in [1.29, 1.82) is 5.26 Å². The molecular formula is C16H12BrN3O2. The normalized spacial score (nSPS) is 9.64. The molecule has 0 aromatic heterocycles. The number of para-hydroxylation sites is 1. The smallest absolute Gasteiger partial charge is 0.233 e. The Bertz CT molecular complexity index is 753. The summed E-state index contributed by atoms with van der Waals surface area (Å²) in [6, 6.07) is 15.6. The fourth-order valence-electron chi connectivity index (χ4n) is 1.77. The van der Waals surface area contributed by atoms with Crippen LogP contribution in [-0.4, -0.2) is 11.8 Å². The summed E-state index contributed by atoms with van der Waals surface area (Å²) in [4.78, 5) is 23.7. The molecule has 2 aromatic carbocycles. The molecule has 110 valence electrons. The monoisotopic (exact) mass is 357 g/mol. The van der Waals surface area contributed by atoms with Crippen LogP contribution in [0.25, 0.3) is 0 Å². The number of nitrogens with zero attached hydrogens (tertiary/aromatic N) is 1. The van der Waals surface area contributed by atoms with E-state index in [4.69, 9.17) is 5.26 Å². The van der Waals surface area contributed by atoms with Crippen LogP contribution in [0.4, 0.5) is 11.4 Å². The minimum atomic E-state index is -0.445. The van der Waals surface area contributed by atoms with E-state index < -0.39 is 11.8 Å². The van der Waals surface area contributed by atoms with Gasteiger partial charge in [-0.25, -0.2) is 0 Å². The highest BCUT2D eigenvalue weighted by Gasteiger charge is 2.11. The van der Waals surface area contributed by atoms with Crippen LogP contribution in [0.2, 0.25) is 0 Å². The van der Waals surface area contributed by atoms with E-state index in [1.807, 2.05) is 12.1 Å². The lowest BCUT2D eigenvalue weighted by Gasteiger charge is -2.08. The van der Waals surface area contributed by atoms with Gasteiger partial charge in [0.15, 0.2) is 0 Å². The Labute approximate surface area is 136 Å². The number of benzene rings is 2. The van der Waals surface area contributed by atoms with Crippen molar-refractivity contribution in [1.82, 2.24) is 0 Å². The molecule has 0 saturated carbocycles. The first-order chi connectivity index (χ1) is 10.6. The van der Waals surface area contributed by atoms with E-state index in [2.05, 4.69) is 26.6 Å². The quantitative estimate of drug-likeness (QED) is 0.823. The van der Waals surface area contributed by atoms with Gasteiger partial charge in [0.05, 0.1) is 17.3 Å². The summed E-state index contributed by atoms with van der Waals surface area (Å²) >= 11 is 3.31. The molecule has 2 rings (SSSR count). The Hall–Kier alpha value is -2.65. The first kappa shape index (κ1) is 15.7. The van der Waals surface area contributed by atoms with Crippen molar-refractivity contribution in [2.75, 3.05) is 10.6 Å². The largest absolute Gasteiger partial charge is 0.326 e. The van der Waals surface area contributed by atoms with E-state index in [0.717, 1.165) is 4.47 Å². The van der Waals surface area contributed by atoms with Gasteiger partial charge in [-0.1, -0.05) is 18.2 Å². The SMILES string of the molecule is N#Cc1cccc(NC(=O)CC(=O)Nc2ccccc2Br)c1. The van der Waals surface area contributed by atoms with Crippen LogP contribution in [0.5, 0.6) is 0 Å². The van der Waals surface area contributed by atoms with Gasteiger partial charge in [0.2, 0.25) is 11.8 Å². The molecule has 0 radical (unpaired) electrons. The fraction of sp³-hybridized carbons (Fsp3) is 0.0625. The van der Waals surface area contributed by atoms with Gasteiger partial charge in [-0.05, 0) is 46.3 Å². The molecule has 6 heteroatoms. The van der Waals surface area contributed by atoms with Gasteiger partial charge in [0, 0.05) is 10.2 Å². The molecule has 0 aliphatic carbocycles. The van der Waals surface area contributed by atoms with Crippen molar-refractivity contribution in [2.45, 2.75) is 6.42 Å². The molecule has 0 saturated heterocycles. The van der Waals surface area contributed by atoms with E-state index in [1.54, 1.807) is 42.5 Å². The molecule has 0 bridgehead atoms. The number of nitriles is 1. The van der Waals surface area contributed by atoms with Gasteiger partial charge >= 0.3 is 0 Å². The molecule has 0 spiro atoms. The second-order valence-electron chi connectivity index (χ2n) is 4.45. The van der Waals surface area contributed by atoms with E-state index in [9.17, 15) is 9.59 Å². The summed E-state index contributed by atoms with van der Waals surface area (Å²) < 4.78 is 0.741. The van der Waals surface area contributed by atoms with E-state index in [1.165, 1.54) is 0 Å². The number of hydrogen-bond donors (Lipinski definition) is 2. The summed E-state index contributed by atoms with van der Waals surface area (Å²) in [6.45, 7) is 0. The van der Waals surface area contributed by atoms with Crippen LogP contribution in [0, 0.1) is 11.3 Å². The minimum Gasteiger partial charge on any atom is -0.326 e. The molecule has 0 atom stereocenters. The Morgan fingerprint density at radius 2 is 1.77 bits per heavy atom. The summed E-state index contributed by atoms with van der Waals surface area (Å²) in [7, 11) is 0. The molecule has 22 heavy (non-hydrogen) atoms. The molecule has 5 nitrogen and oxygen atoms in total. The molecule has 0 unspecified atom stereocenters. The van der Waals surface area contributed by atoms with Crippen LogP contribution in [0.15, 0.2) is 53.0 Å². The second-order valence-corrected chi connectivity index (χ2v) is 5.30. The van der Waals surface area contributed by atoms with Crippen molar-refractivity contribution >= 4 is 39.1 Å². The molecule has 0 aliphatic heterocycles. The third-order valence-corrected chi connectivity index (χ3v) is 3.44. The van der Waals surface area contributed by atoms with Crippen LogP contribution in [0.3, 0.4) is 0 Å². The van der Waals surface area contributed by atoms with E-state index in [-0.39, 0.29) is 6.42 Å². The molecule has 2 amide bonds. The summed E-state index contributed by atoms with van der Waals surface area (Å²) in [5.41, 5.74) is 1.53. The van der Waals surface area contributed by atoms with Crippen molar-refractivity contribution in [3.63, 3.8) is 0 Å². The number of carbonyl (C=O) groups excluding carboxylic acids is 2. The fourth-order valence-corrected chi connectivity index (χ4v) is 2.16. The zero-order chi connectivity index (χ0) is 15.9. The van der Waals surface area contributed by atoms with Crippen molar-refractivity contribution < 1.29 is 9.59 Å². The van der Waals surface area contributed by atoms with Crippen molar-refractivity contribution in [3.8, 4) is 6.07 Å². The molecule has 0 heterocycles. The molecule has 0 fully saturated rings. The van der Waals surface area contributed by atoms with Crippen LogP contribution >= 0.6 is 15.9 Å². The minimum absolute atomic E-state index is 0.307. The first-order valence-corrected chi connectivity index (χ1v) is 7.22. The van der Waals surface area contributed by atoms with Gasteiger partial charge in [-0.2, -0.15) is 5.26 Å². The Balaban J connectivity index is 1.93. The maximum Gasteiger partial charge on any atom is 0.233 e. The first-order valence-electron chi connectivity index (χ1n) is 6.43. The zero-order valence-corrected chi connectivity index (χ0v) is 13.1. The number of rotatable bonds is 4. The van der Waals surface area contributed by atoms with Crippen LogP contribution < -0.4 is 10.6 Å². The highest BCUT2D eigenvalue weighted by atomic mass is 79.9. The van der Waals surface area contributed by atoms with Crippen LogP contribution in [-0.2, 0) is 9.59 Å². The number of amides is 2. The van der Waals surface area contributed by atoms with Gasteiger partial charge in [-0.3, -0.25) is 9.59 Å². The summed E-state index contributed by atoms with van der Waals surface area (Å²) in [6.07, 6.45) is -0.307.